The third kappa shape index (κ3) is 5.19. The molecule has 0 saturated carbocycles. The van der Waals surface area contributed by atoms with Gasteiger partial charge < -0.3 is 10.2 Å². The van der Waals surface area contributed by atoms with Gasteiger partial charge in [0.05, 0.1) is 0 Å². The lowest BCUT2D eigenvalue weighted by Crippen LogP contribution is -2.55. The molecule has 0 atom stereocenters. The van der Waals surface area contributed by atoms with E-state index in [1.54, 1.807) is 62.4 Å². The molecular formula is C35H30F6O2. The predicted molar refractivity (Wildman–Crippen MR) is 159 cm³/mol. The maximum atomic E-state index is 15.2. The number of phenolic OH excluding ortho intramolecular Hbond substituents is 2. The van der Waals surface area contributed by atoms with Crippen molar-refractivity contribution >= 4 is 12.2 Å². The molecule has 0 aromatic heterocycles. The van der Waals surface area contributed by atoms with Gasteiger partial charge in [-0.1, -0.05) is 97.1 Å². The van der Waals surface area contributed by atoms with Gasteiger partial charge in [-0.05, 0) is 61.1 Å². The van der Waals surface area contributed by atoms with Gasteiger partial charge >= 0.3 is 12.4 Å². The summed E-state index contributed by atoms with van der Waals surface area (Å²) in [6, 6.07) is 17.2. The zero-order valence-electron chi connectivity index (χ0n) is 23.9. The largest absolute Gasteiger partial charge is 0.507 e. The lowest BCUT2D eigenvalue weighted by Gasteiger charge is -2.39. The lowest BCUT2D eigenvalue weighted by molar-refractivity contribution is -0.289. The fourth-order valence-electron chi connectivity index (χ4n) is 5.63. The normalized spacial score (nSPS) is 12.9. The second-order valence-electron chi connectivity index (χ2n) is 10.2. The second kappa shape index (κ2) is 11.7. The zero-order chi connectivity index (χ0) is 31.7. The highest BCUT2D eigenvalue weighted by Crippen LogP contribution is 2.61. The Bertz CT molecular complexity index is 1580. The van der Waals surface area contributed by atoms with Crippen LogP contribution in [0, 0.1) is 13.8 Å². The SMILES string of the molecule is CC=Cc1c(-c2ccccc2C)ccc(C(c2ccc(-c3ccccc3C)c(C=CC)c2O)(C(F)(F)F)C(F)(F)F)c1O. The molecule has 2 nitrogen and oxygen atoms in total. The maximum absolute atomic E-state index is 15.2. The molecule has 4 rings (SSSR count). The Labute approximate surface area is 246 Å². The fourth-order valence-corrected chi connectivity index (χ4v) is 5.63. The van der Waals surface area contributed by atoms with Gasteiger partial charge in [-0.3, -0.25) is 0 Å². The number of alkyl halides is 6. The standard InChI is InChI=1S/C35H30F6O2/c1-5-11-27-25(23-15-9-7-13-21(23)3)17-19-29(31(27)42)33(34(36,37)38,35(39,40)41)30-20-18-26(28(12-6-2)32(30)43)24-16-10-8-14-22(24)4/h5-20,42-43H,1-4H3. The molecular weight excluding hydrogens is 566 g/mol. The zero-order valence-corrected chi connectivity index (χ0v) is 23.9. The van der Waals surface area contributed by atoms with Crippen LogP contribution in [0.2, 0.25) is 0 Å². The topological polar surface area (TPSA) is 40.5 Å². The number of benzene rings is 4. The molecule has 0 fully saturated rings. The summed E-state index contributed by atoms with van der Waals surface area (Å²) in [5.74, 6) is -2.38. The number of phenols is 2. The highest BCUT2D eigenvalue weighted by molar-refractivity contribution is 5.84. The molecule has 8 heteroatoms. The van der Waals surface area contributed by atoms with E-state index in [4.69, 9.17) is 0 Å². The van der Waals surface area contributed by atoms with Gasteiger partial charge in [-0.2, -0.15) is 26.3 Å². The van der Waals surface area contributed by atoms with Crippen molar-refractivity contribution in [3.05, 3.63) is 118 Å². The van der Waals surface area contributed by atoms with Crippen LogP contribution in [0.25, 0.3) is 34.4 Å². The van der Waals surface area contributed by atoms with Crippen molar-refractivity contribution in [2.75, 3.05) is 0 Å². The quantitative estimate of drug-likeness (QED) is 0.218. The Kier molecular flexibility index (Phi) is 8.54. The smallest absolute Gasteiger partial charge is 0.411 e. The van der Waals surface area contributed by atoms with E-state index in [9.17, 15) is 10.2 Å². The van der Waals surface area contributed by atoms with Crippen molar-refractivity contribution < 1.29 is 36.6 Å². The molecule has 0 bridgehead atoms. The third-order valence-corrected chi connectivity index (χ3v) is 7.63. The molecule has 4 aromatic rings. The van der Waals surface area contributed by atoms with E-state index in [1.165, 1.54) is 38.2 Å². The van der Waals surface area contributed by atoms with E-state index in [0.29, 0.717) is 34.4 Å². The van der Waals surface area contributed by atoms with E-state index in [-0.39, 0.29) is 22.3 Å². The molecule has 0 spiro atoms. The average Bonchev–Trinajstić information content (AvgIpc) is 2.92. The van der Waals surface area contributed by atoms with Gasteiger partial charge in [0.1, 0.15) is 11.5 Å². The van der Waals surface area contributed by atoms with Crippen LogP contribution in [0.15, 0.2) is 84.9 Å². The van der Waals surface area contributed by atoms with Crippen LogP contribution in [0.4, 0.5) is 26.3 Å². The molecule has 4 aromatic carbocycles. The van der Waals surface area contributed by atoms with Crippen LogP contribution in [0.1, 0.15) is 47.2 Å². The average molecular weight is 597 g/mol. The Morgan fingerprint density at radius 3 is 1.16 bits per heavy atom. The van der Waals surface area contributed by atoms with E-state index < -0.39 is 40.4 Å². The first kappa shape index (κ1) is 31.5. The summed E-state index contributed by atoms with van der Waals surface area (Å²) in [7, 11) is 0. The Morgan fingerprint density at radius 1 is 0.512 bits per heavy atom. The third-order valence-electron chi connectivity index (χ3n) is 7.63. The van der Waals surface area contributed by atoms with Gasteiger partial charge in [0.25, 0.3) is 0 Å². The minimum atomic E-state index is -6.03. The predicted octanol–water partition coefficient (Wildman–Crippen LogP) is 10.5. The molecule has 0 heterocycles. The molecule has 224 valence electrons. The van der Waals surface area contributed by atoms with Gasteiger partial charge in [-0.15, -0.1) is 0 Å². The Morgan fingerprint density at radius 2 is 0.860 bits per heavy atom. The highest BCUT2D eigenvalue weighted by atomic mass is 19.4. The summed E-state index contributed by atoms with van der Waals surface area (Å²) < 4.78 is 91.4. The van der Waals surface area contributed by atoms with Crippen molar-refractivity contribution in [2.24, 2.45) is 0 Å². The Balaban J connectivity index is 2.17. The van der Waals surface area contributed by atoms with Crippen molar-refractivity contribution in [1.29, 1.82) is 0 Å². The van der Waals surface area contributed by atoms with Crippen LogP contribution >= 0.6 is 0 Å². The molecule has 0 aliphatic carbocycles. The monoisotopic (exact) mass is 596 g/mol. The van der Waals surface area contributed by atoms with Crippen LogP contribution < -0.4 is 0 Å². The van der Waals surface area contributed by atoms with Crippen LogP contribution in [-0.2, 0) is 5.41 Å². The fraction of sp³-hybridized carbons (Fsp3) is 0.200. The van der Waals surface area contributed by atoms with Gasteiger partial charge in [0, 0.05) is 22.3 Å². The van der Waals surface area contributed by atoms with Gasteiger partial charge in [0.15, 0.2) is 0 Å². The summed E-state index contributed by atoms with van der Waals surface area (Å²) in [5.41, 5.74) is -5.10. The number of halogens is 6. The van der Waals surface area contributed by atoms with Gasteiger partial charge in [0.2, 0.25) is 5.41 Å². The maximum Gasteiger partial charge on any atom is 0.411 e. The van der Waals surface area contributed by atoms with E-state index in [2.05, 4.69) is 0 Å². The van der Waals surface area contributed by atoms with Crippen LogP contribution in [0.5, 0.6) is 11.5 Å². The molecule has 0 aliphatic heterocycles. The van der Waals surface area contributed by atoms with Crippen molar-refractivity contribution in [3.8, 4) is 33.8 Å². The van der Waals surface area contributed by atoms with Crippen molar-refractivity contribution in [1.82, 2.24) is 0 Å². The van der Waals surface area contributed by atoms with Crippen molar-refractivity contribution in [3.63, 3.8) is 0 Å². The van der Waals surface area contributed by atoms with Crippen LogP contribution in [-0.4, -0.2) is 22.6 Å². The van der Waals surface area contributed by atoms with Gasteiger partial charge in [-0.25, -0.2) is 0 Å². The first-order chi connectivity index (χ1) is 20.2. The van der Waals surface area contributed by atoms with E-state index >= 15 is 26.3 Å². The number of aromatic hydroxyl groups is 2. The summed E-state index contributed by atoms with van der Waals surface area (Å²) >= 11 is 0. The molecule has 2 N–H and O–H groups in total. The first-order valence-corrected chi connectivity index (χ1v) is 13.5. The summed E-state index contributed by atoms with van der Waals surface area (Å²) in [6.07, 6.45) is -6.69. The number of allylic oxidation sites excluding steroid dienone is 2. The minimum absolute atomic E-state index is 0.211. The number of hydrogen-bond acceptors (Lipinski definition) is 2. The van der Waals surface area contributed by atoms with Crippen LogP contribution in [0.3, 0.4) is 0 Å². The summed E-state index contributed by atoms with van der Waals surface area (Å²) in [6.45, 7) is 6.56. The molecule has 0 amide bonds. The van der Waals surface area contributed by atoms with E-state index in [1.807, 2.05) is 0 Å². The Hall–Kier alpha value is -4.46. The molecule has 0 radical (unpaired) electrons. The molecule has 0 saturated heterocycles. The summed E-state index contributed by atoms with van der Waals surface area (Å²) in [4.78, 5) is 0. The molecule has 0 unspecified atom stereocenters. The molecule has 43 heavy (non-hydrogen) atoms. The number of hydrogen-bond donors (Lipinski definition) is 2. The van der Waals surface area contributed by atoms with Crippen molar-refractivity contribution in [2.45, 2.75) is 45.5 Å². The lowest BCUT2D eigenvalue weighted by atomic mass is 9.70. The molecule has 0 aliphatic rings. The highest BCUT2D eigenvalue weighted by Gasteiger charge is 2.74. The second-order valence-corrected chi connectivity index (χ2v) is 10.2. The number of rotatable bonds is 6. The van der Waals surface area contributed by atoms with E-state index in [0.717, 1.165) is 12.1 Å². The summed E-state index contributed by atoms with van der Waals surface area (Å²) in [5, 5.41) is 22.7. The minimum Gasteiger partial charge on any atom is -0.507 e. The first-order valence-electron chi connectivity index (χ1n) is 13.5. The number of aryl methyl sites for hydroxylation is 2.